The summed E-state index contributed by atoms with van der Waals surface area (Å²) < 4.78 is 34.4. The summed E-state index contributed by atoms with van der Waals surface area (Å²) in [4.78, 5) is 14.4. The maximum absolute atomic E-state index is 13.5. The quantitative estimate of drug-likeness (QED) is 0.379. The predicted octanol–water partition coefficient (Wildman–Crippen LogP) is 2.34. The summed E-state index contributed by atoms with van der Waals surface area (Å²) in [6.07, 6.45) is 8.18. The van der Waals surface area contributed by atoms with Crippen molar-refractivity contribution in [3.63, 3.8) is 0 Å². The van der Waals surface area contributed by atoms with E-state index in [1.54, 1.807) is 25.4 Å². The Hall–Kier alpha value is -3.55. The van der Waals surface area contributed by atoms with E-state index in [-0.39, 0.29) is 22.5 Å². The van der Waals surface area contributed by atoms with Gasteiger partial charge in [-0.15, -0.1) is 0 Å². The van der Waals surface area contributed by atoms with Crippen molar-refractivity contribution in [2.45, 2.75) is 54.5 Å². The number of aromatic nitrogens is 6. The first kappa shape index (κ1) is 25.4. The van der Waals surface area contributed by atoms with Gasteiger partial charge in [-0.1, -0.05) is 6.07 Å². The molecule has 0 saturated carbocycles. The number of benzene rings is 1. The van der Waals surface area contributed by atoms with E-state index in [9.17, 15) is 8.42 Å². The van der Waals surface area contributed by atoms with Crippen LogP contribution in [0.4, 0.5) is 17.3 Å². The summed E-state index contributed by atoms with van der Waals surface area (Å²) >= 11 is 0. The Morgan fingerprint density at radius 1 is 1.18 bits per heavy atom. The minimum Gasteiger partial charge on any atom is -0.376 e. The molecule has 0 radical (unpaired) electrons. The predicted molar refractivity (Wildman–Crippen MR) is 149 cm³/mol. The number of nitrogens with one attached hydrogen (secondary N) is 1. The van der Waals surface area contributed by atoms with Crippen LogP contribution in [0.2, 0.25) is 0 Å². The Labute approximate surface area is 232 Å². The van der Waals surface area contributed by atoms with Gasteiger partial charge < -0.3 is 20.3 Å². The Kier molecular flexibility index (Phi) is 5.88. The van der Waals surface area contributed by atoms with E-state index in [0.29, 0.717) is 34.8 Å². The number of anilines is 3. The zero-order chi connectivity index (χ0) is 27.6. The average Bonchev–Trinajstić information content (AvgIpc) is 3.67. The molecule has 13 heteroatoms. The molecular weight excluding hydrogens is 530 g/mol. The third-order valence-electron chi connectivity index (χ3n) is 8.91. The molecule has 12 nitrogen and oxygen atoms in total. The second-order valence-corrected chi connectivity index (χ2v) is 13.1. The number of sulfone groups is 1. The van der Waals surface area contributed by atoms with E-state index < -0.39 is 9.84 Å². The standard InChI is InChI=1S/C27H33N9O3S/c1-17-24(28)27(16-39-17)8-11-35(12-9-27)22-14-29-23-25(31-22)32-33-26(23)36-10-4-5-19-20(36)6-3-7-21(19)40(37,38)18-13-30-34(2)15-18/h3,6-7,13-15,17,24H,4-5,8-12,16,28H2,1-2H3,(H,31,32,33)/t17-,24+/m0/s1. The second kappa shape index (κ2) is 9.25. The van der Waals surface area contributed by atoms with E-state index in [1.165, 1.54) is 17.1 Å². The summed E-state index contributed by atoms with van der Waals surface area (Å²) in [6, 6.07) is 5.46. The molecule has 3 aromatic heterocycles. The van der Waals surface area contributed by atoms with Crippen molar-refractivity contribution < 1.29 is 13.2 Å². The number of aromatic amines is 1. The summed E-state index contributed by atoms with van der Waals surface area (Å²) in [5.41, 5.74) is 9.40. The van der Waals surface area contributed by atoms with Crippen molar-refractivity contribution in [2.24, 2.45) is 18.2 Å². The molecule has 3 N–H and O–H groups in total. The largest absolute Gasteiger partial charge is 0.376 e. The Bertz CT molecular complexity index is 1690. The lowest BCUT2D eigenvalue weighted by Gasteiger charge is -2.41. The van der Waals surface area contributed by atoms with E-state index in [2.05, 4.69) is 27.1 Å². The highest BCUT2D eigenvalue weighted by Gasteiger charge is 2.47. The molecular formula is C27H33N9O3S. The van der Waals surface area contributed by atoms with Crippen molar-refractivity contribution >= 4 is 38.3 Å². The molecule has 40 heavy (non-hydrogen) atoms. The summed E-state index contributed by atoms with van der Waals surface area (Å²) in [5, 5.41) is 11.7. The van der Waals surface area contributed by atoms with Crippen molar-refractivity contribution in [3.05, 3.63) is 42.4 Å². The van der Waals surface area contributed by atoms with Gasteiger partial charge in [-0.3, -0.25) is 9.78 Å². The van der Waals surface area contributed by atoms with Crippen LogP contribution in [-0.2, 0) is 28.0 Å². The number of nitrogens with zero attached hydrogens (tertiary/aromatic N) is 7. The van der Waals surface area contributed by atoms with Crippen LogP contribution in [0.25, 0.3) is 11.2 Å². The molecule has 1 spiro atoms. The van der Waals surface area contributed by atoms with E-state index in [1.807, 2.05) is 11.0 Å². The molecule has 210 valence electrons. The number of hydrogen-bond acceptors (Lipinski definition) is 10. The van der Waals surface area contributed by atoms with Gasteiger partial charge >= 0.3 is 0 Å². The number of H-pyrrole nitrogens is 1. The molecule has 3 aliphatic heterocycles. The summed E-state index contributed by atoms with van der Waals surface area (Å²) in [7, 11) is -2.01. The fraction of sp³-hybridized carbons (Fsp3) is 0.481. The Balaban J connectivity index is 1.18. The molecule has 0 unspecified atom stereocenters. The smallest absolute Gasteiger partial charge is 0.210 e. The highest BCUT2D eigenvalue weighted by molar-refractivity contribution is 7.91. The van der Waals surface area contributed by atoms with Crippen LogP contribution in [0.1, 0.15) is 31.7 Å². The molecule has 2 saturated heterocycles. The van der Waals surface area contributed by atoms with Gasteiger partial charge in [-0.25, -0.2) is 18.4 Å². The van der Waals surface area contributed by atoms with Gasteiger partial charge in [0.25, 0.3) is 0 Å². The molecule has 2 atom stereocenters. The number of ether oxygens (including phenoxy) is 1. The molecule has 0 amide bonds. The number of nitrogens with two attached hydrogens (primary N) is 1. The Morgan fingerprint density at radius 3 is 2.73 bits per heavy atom. The summed E-state index contributed by atoms with van der Waals surface area (Å²) in [6.45, 7) is 5.17. The minimum absolute atomic E-state index is 0.0413. The Morgan fingerprint density at radius 2 is 2.00 bits per heavy atom. The third kappa shape index (κ3) is 3.90. The lowest BCUT2D eigenvalue weighted by Crippen LogP contribution is -2.50. The third-order valence-corrected chi connectivity index (χ3v) is 10.7. The monoisotopic (exact) mass is 563 g/mol. The molecule has 7 rings (SSSR count). The van der Waals surface area contributed by atoms with Gasteiger partial charge in [-0.05, 0) is 50.3 Å². The van der Waals surface area contributed by atoms with Crippen LogP contribution >= 0.6 is 0 Å². The lowest BCUT2D eigenvalue weighted by molar-refractivity contribution is 0.0974. The van der Waals surface area contributed by atoms with Gasteiger partial charge in [0.2, 0.25) is 9.84 Å². The first-order valence-corrected chi connectivity index (χ1v) is 15.2. The van der Waals surface area contributed by atoms with E-state index in [4.69, 9.17) is 20.4 Å². The summed E-state index contributed by atoms with van der Waals surface area (Å²) in [5.74, 6) is 1.45. The minimum atomic E-state index is -3.71. The first-order chi connectivity index (χ1) is 19.3. The van der Waals surface area contributed by atoms with Crippen molar-refractivity contribution in [1.82, 2.24) is 29.9 Å². The first-order valence-electron chi connectivity index (χ1n) is 13.7. The van der Waals surface area contributed by atoms with E-state index >= 15 is 0 Å². The maximum Gasteiger partial charge on any atom is 0.210 e. The van der Waals surface area contributed by atoms with Crippen molar-refractivity contribution in [1.29, 1.82) is 0 Å². The molecule has 1 aromatic carbocycles. The average molecular weight is 564 g/mol. The lowest BCUT2D eigenvalue weighted by atomic mass is 9.73. The second-order valence-electron chi connectivity index (χ2n) is 11.2. The van der Waals surface area contributed by atoms with Crippen LogP contribution in [-0.4, -0.2) is 76.8 Å². The molecule has 4 aromatic rings. The van der Waals surface area contributed by atoms with Gasteiger partial charge in [0.05, 0.1) is 30.0 Å². The van der Waals surface area contributed by atoms with Crippen LogP contribution in [0.5, 0.6) is 0 Å². The normalized spacial score (nSPS) is 22.8. The molecule has 6 heterocycles. The number of aryl methyl sites for hydroxylation is 1. The number of fused-ring (bicyclic) bond motifs is 2. The van der Waals surface area contributed by atoms with Gasteiger partial charge in [0, 0.05) is 50.0 Å². The maximum atomic E-state index is 13.5. The van der Waals surface area contributed by atoms with Crippen LogP contribution < -0.4 is 15.5 Å². The molecule has 2 fully saturated rings. The van der Waals surface area contributed by atoms with Crippen LogP contribution in [0, 0.1) is 5.41 Å². The number of piperidine rings is 1. The van der Waals surface area contributed by atoms with Crippen molar-refractivity contribution in [2.75, 3.05) is 36.0 Å². The number of rotatable bonds is 4. The van der Waals surface area contributed by atoms with Crippen LogP contribution in [0.3, 0.4) is 0 Å². The van der Waals surface area contributed by atoms with Crippen LogP contribution in [0.15, 0.2) is 46.6 Å². The van der Waals surface area contributed by atoms with Gasteiger partial charge in [0.15, 0.2) is 17.0 Å². The molecule has 0 aliphatic carbocycles. The highest BCUT2D eigenvalue weighted by Crippen LogP contribution is 2.42. The SMILES string of the molecule is C[C@@H]1OCC2(CCN(c3cnc4c(N5CCCc6c5cccc6S(=O)(=O)c5cnn(C)c5)n[nH]c4n3)CC2)[C@@H]1N. The highest BCUT2D eigenvalue weighted by atomic mass is 32.2. The zero-order valence-corrected chi connectivity index (χ0v) is 23.4. The van der Waals surface area contributed by atoms with E-state index in [0.717, 1.165) is 56.0 Å². The number of hydrogen-bond donors (Lipinski definition) is 2. The zero-order valence-electron chi connectivity index (χ0n) is 22.6. The fourth-order valence-electron chi connectivity index (χ4n) is 6.50. The van der Waals surface area contributed by atoms with Gasteiger partial charge in [0.1, 0.15) is 10.7 Å². The van der Waals surface area contributed by atoms with Gasteiger partial charge in [-0.2, -0.15) is 10.2 Å². The molecule has 3 aliphatic rings. The van der Waals surface area contributed by atoms with Crippen molar-refractivity contribution in [3.8, 4) is 0 Å². The molecule has 0 bridgehead atoms. The topological polar surface area (TPSA) is 148 Å². The fourth-order valence-corrected chi connectivity index (χ4v) is 8.02.